The molecule has 0 bridgehead atoms. The van der Waals surface area contributed by atoms with Crippen LogP contribution >= 0.6 is 11.6 Å². The quantitative estimate of drug-likeness (QED) is 0.506. The zero-order valence-electron chi connectivity index (χ0n) is 15.3. The minimum atomic E-state index is 0.610. The van der Waals surface area contributed by atoms with Gasteiger partial charge < -0.3 is 15.4 Å². The number of hydrogen-bond acceptors (Lipinski definition) is 3. The van der Waals surface area contributed by atoms with Crippen LogP contribution in [0.2, 0.25) is 5.02 Å². The number of aliphatic imine (C=N–C) groups is 1. The van der Waals surface area contributed by atoms with Gasteiger partial charge in [0.05, 0.1) is 19.0 Å². The maximum atomic E-state index is 5.93. The summed E-state index contributed by atoms with van der Waals surface area (Å²) in [6.07, 6.45) is 3.80. The highest BCUT2D eigenvalue weighted by Gasteiger charge is 2.05. The number of ether oxygens (including phenoxy) is 1. The van der Waals surface area contributed by atoms with Crippen LogP contribution in [0.15, 0.2) is 65.9 Å². The average Bonchev–Trinajstić information content (AvgIpc) is 3.18. The maximum absolute atomic E-state index is 5.93. The van der Waals surface area contributed by atoms with Gasteiger partial charge in [-0.2, -0.15) is 5.10 Å². The summed E-state index contributed by atoms with van der Waals surface area (Å²) >= 11 is 5.93. The number of rotatable bonds is 6. The van der Waals surface area contributed by atoms with E-state index in [2.05, 4.69) is 20.7 Å². The van der Waals surface area contributed by atoms with Crippen LogP contribution in [0.4, 0.5) is 0 Å². The fraction of sp³-hybridized carbons (Fsp3) is 0.200. The van der Waals surface area contributed by atoms with Crippen LogP contribution in [0.1, 0.15) is 11.1 Å². The summed E-state index contributed by atoms with van der Waals surface area (Å²) in [5, 5.41) is 11.7. The van der Waals surface area contributed by atoms with Crippen molar-refractivity contribution in [1.29, 1.82) is 0 Å². The summed E-state index contributed by atoms with van der Waals surface area (Å²) in [7, 11) is 3.42. The number of halogens is 1. The van der Waals surface area contributed by atoms with Crippen LogP contribution in [0, 0.1) is 0 Å². The normalized spacial score (nSPS) is 11.3. The topological polar surface area (TPSA) is 63.5 Å². The first-order valence-corrected chi connectivity index (χ1v) is 8.93. The number of para-hydroxylation sites is 1. The van der Waals surface area contributed by atoms with Gasteiger partial charge in [-0.1, -0.05) is 29.8 Å². The number of hydrogen-bond donors (Lipinski definition) is 2. The Bertz CT molecular complexity index is 905. The molecule has 1 heterocycles. The Morgan fingerprint density at radius 1 is 1.11 bits per heavy atom. The van der Waals surface area contributed by atoms with Crippen LogP contribution in [0.5, 0.6) is 5.75 Å². The molecule has 2 aromatic carbocycles. The van der Waals surface area contributed by atoms with Gasteiger partial charge in [-0.05, 0) is 30.3 Å². The molecule has 0 radical (unpaired) electrons. The molecular formula is C20H22ClN5O. The lowest BCUT2D eigenvalue weighted by Crippen LogP contribution is -2.36. The Kier molecular flexibility index (Phi) is 6.33. The molecule has 0 saturated carbocycles. The van der Waals surface area contributed by atoms with Crippen molar-refractivity contribution in [3.8, 4) is 11.4 Å². The van der Waals surface area contributed by atoms with E-state index in [1.54, 1.807) is 14.2 Å². The summed E-state index contributed by atoms with van der Waals surface area (Å²) in [6, 6.07) is 15.5. The fourth-order valence-corrected chi connectivity index (χ4v) is 2.75. The molecule has 140 valence electrons. The van der Waals surface area contributed by atoms with Gasteiger partial charge >= 0.3 is 0 Å². The van der Waals surface area contributed by atoms with E-state index < -0.39 is 0 Å². The highest BCUT2D eigenvalue weighted by molar-refractivity contribution is 6.30. The Balaban J connectivity index is 1.56. The summed E-state index contributed by atoms with van der Waals surface area (Å²) in [5.41, 5.74) is 3.08. The van der Waals surface area contributed by atoms with E-state index in [1.807, 2.05) is 65.6 Å². The molecule has 0 aliphatic heterocycles. The summed E-state index contributed by atoms with van der Waals surface area (Å²) in [5.74, 6) is 1.56. The first kappa shape index (κ1) is 18.8. The highest BCUT2D eigenvalue weighted by Crippen LogP contribution is 2.16. The van der Waals surface area contributed by atoms with E-state index in [-0.39, 0.29) is 0 Å². The van der Waals surface area contributed by atoms with Crippen molar-refractivity contribution in [2.24, 2.45) is 4.99 Å². The molecule has 0 aliphatic carbocycles. The molecule has 1 aromatic heterocycles. The standard InChI is InChI=1S/C20H22ClN5O/c1-22-20(24-13-16-5-3-4-6-19(16)27-2)23-11-15-12-25-26(14-15)18-9-7-17(21)8-10-18/h3-10,12,14H,11,13H2,1-2H3,(H2,22,23,24). The molecule has 6 nitrogen and oxygen atoms in total. The predicted octanol–water partition coefficient (Wildman–Crippen LogP) is 3.40. The zero-order valence-corrected chi connectivity index (χ0v) is 16.1. The van der Waals surface area contributed by atoms with Gasteiger partial charge in [0.2, 0.25) is 0 Å². The summed E-state index contributed by atoms with van der Waals surface area (Å²) in [4.78, 5) is 4.26. The third kappa shape index (κ3) is 5.01. The van der Waals surface area contributed by atoms with Gasteiger partial charge in [0.15, 0.2) is 5.96 Å². The Morgan fingerprint density at radius 3 is 2.59 bits per heavy atom. The molecule has 0 saturated heterocycles. The van der Waals surface area contributed by atoms with Crippen molar-refractivity contribution >= 4 is 17.6 Å². The molecule has 27 heavy (non-hydrogen) atoms. The Morgan fingerprint density at radius 2 is 1.85 bits per heavy atom. The molecule has 0 aliphatic rings. The second-order valence-corrected chi connectivity index (χ2v) is 6.30. The van der Waals surface area contributed by atoms with Gasteiger partial charge in [0.1, 0.15) is 5.75 Å². The largest absolute Gasteiger partial charge is 0.496 e. The minimum Gasteiger partial charge on any atom is -0.496 e. The third-order valence-electron chi connectivity index (χ3n) is 4.05. The van der Waals surface area contributed by atoms with Crippen molar-refractivity contribution in [2.75, 3.05) is 14.2 Å². The van der Waals surface area contributed by atoms with Crippen LogP contribution in [-0.4, -0.2) is 29.9 Å². The van der Waals surface area contributed by atoms with Crippen LogP contribution in [0.25, 0.3) is 5.69 Å². The SMILES string of the molecule is CN=C(NCc1cnn(-c2ccc(Cl)cc2)c1)NCc1ccccc1OC. The number of aromatic nitrogens is 2. The van der Waals surface area contributed by atoms with E-state index >= 15 is 0 Å². The molecule has 0 spiro atoms. The molecule has 0 fully saturated rings. The summed E-state index contributed by atoms with van der Waals surface area (Å²) in [6.45, 7) is 1.23. The molecule has 2 N–H and O–H groups in total. The lowest BCUT2D eigenvalue weighted by molar-refractivity contribution is 0.409. The van der Waals surface area contributed by atoms with Crippen molar-refractivity contribution in [3.05, 3.63) is 77.1 Å². The van der Waals surface area contributed by atoms with Crippen molar-refractivity contribution in [2.45, 2.75) is 13.1 Å². The zero-order chi connectivity index (χ0) is 19.1. The second-order valence-electron chi connectivity index (χ2n) is 5.86. The highest BCUT2D eigenvalue weighted by atomic mass is 35.5. The van der Waals surface area contributed by atoms with Crippen molar-refractivity contribution < 1.29 is 4.74 Å². The van der Waals surface area contributed by atoms with E-state index in [4.69, 9.17) is 16.3 Å². The fourth-order valence-electron chi connectivity index (χ4n) is 2.62. The van der Waals surface area contributed by atoms with E-state index in [1.165, 1.54) is 0 Å². The molecule has 0 amide bonds. The van der Waals surface area contributed by atoms with E-state index in [0.29, 0.717) is 24.1 Å². The third-order valence-corrected chi connectivity index (χ3v) is 4.30. The van der Waals surface area contributed by atoms with E-state index in [0.717, 1.165) is 22.6 Å². The lowest BCUT2D eigenvalue weighted by Gasteiger charge is -2.13. The number of benzene rings is 2. The van der Waals surface area contributed by atoms with Crippen LogP contribution < -0.4 is 15.4 Å². The second kappa shape index (κ2) is 9.09. The van der Waals surface area contributed by atoms with E-state index in [9.17, 15) is 0 Å². The molecule has 0 unspecified atom stereocenters. The van der Waals surface area contributed by atoms with Gasteiger partial charge in [-0.15, -0.1) is 0 Å². The molecule has 0 atom stereocenters. The molecule has 3 aromatic rings. The Hall–Kier alpha value is -2.99. The smallest absolute Gasteiger partial charge is 0.191 e. The number of nitrogens with zero attached hydrogens (tertiary/aromatic N) is 3. The van der Waals surface area contributed by atoms with Gasteiger partial charge in [0.25, 0.3) is 0 Å². The molecule has 3 rings (SSSR count). The molecule has 7 heteroatoms. The van der Waals surface area contributed by atoms with Crippen LogP contribution in [-0.2, 0) is 13.1 Å². The predicted molar refractivity (Wildman–Crippen MR) is 109 cm³/mol. The Labute approximate surface area is 163 Å². The number of guanidine groups is 1. The first-order chi connectivity index (χ1) is 13.2. The average molecular weight is 384 g/mol. The monoisotopic (exact) mass is 383 g/mol. The first-order valence-electron chi connectivity index (χ1n) is 8.55. The minimum absolute atomic E-state index is 0.610. The number of nitrogens with one attached hydrogen (secondary N) is 2. The lowest BCUT2D eigenvalue weighted by atomic mass is 10.2. The van der Waals surface area contributed by atoms with Crippen molar-refractivity contribution in [3.63, 3.8) is 0 Å². The summed E-state index contributed by atoms with van der Waals surface area (Å²) < 4.78 is 7.19. The van der Waals surface area contributed by atoms with Crippen LogP contribution in [0.3, 0.4) is 0 Å². The number of methoxy groups -OCH3 is 1. The van der Waals surface area contributed by atoms with Crippen molar-refractivity contribution in [1.82, 2.24) is 20.4 Å². The molecular weight excluding hydrogens is 362 g/mol. The van der Waals surface area contributed by atoms with Gasteiger partial charge in [-0.25, -0.2) is 4.68 Å². The maximum Gasteiger partial charge on any atom is 0.191 e. The van der Waals surface area contributed by atoms with Gasteiger partial charge in [-0.3, -0.25) is 4.99 Å². The van der Waals surface area contributed by atoms with Gasteiger partial charge in [0, 0.05) is 42.5 Å².